The lowest BCUT2D eigenvalue weighted by Crippen LogP contribution is -2.56. The Balaban J connectivity index is 1.87. The molecule has 0 spiro atoms. The highest BCUT2D eigenvalue weighted by Crippen LogP contribution is 2.34. The molecule has 48 heavy (non-hydrogen) atoms. The molecule has 4 aromatic rings. The van der Waals surface area contributed by atoms with Crippen molar-refractivity contribution in [3.8, 4) is 11.5 Å². The summed E-state index contributed by atoms with van der Waals surface area (Å²) in [7, 11) is -1.40. The van der Waals surface area contributed by atoms with Gasteiger partial charge >= 0.3 is 0 Å². The minimum Gasteiger partial charge on any atom is -0.493 e. The molecule has 4 aromatic carbocycles. The summed E-state index contributed by atoms with van der Waals surface area (Å²) in [6.07, 6.45) is 0.154. The normalized spacial score (nSPS) is 12.1. The molecule has 1 N–H and O–H groups in total. The number of anilines is 1. The van der Waals surface area contributed by atoms with Crippen LogP contribution in [0.15, 0.2) is 102 Å². The molecular formula is C36H39Cl2N3O6S. The van der Waals surface area contributed by atoms with Gasteiger partial charge in [0.15, 0.2) is 11.5 Å². The highest BCUT2D eigenvalue weighted by molar-refractivity contribution is 7.92. The van der Waals surface area contributed by atoms with Crippen molar-refractivity contribution >= 4 is 50.7 Å². The van der Waals surface area contributed by atoms with Crippen LogP contribution in [0.4, 0.5) is 5.69 Å². The molecule has 254 valence electrons. The molecule has 0 radical (unpaired) electrons. The Bertz CT molecular complexity index is 1830. The van der Waals surface area contributed by atoms with Crippen molar-refractivity contribution in [2.24, 2.45) is 0 Å². The summed E-state index contributed by atoms with van der Waals surface area (Å²) in [4.78, 5) is 30.1. The molecule has 1 atom stereocenters. The Labute approximate surface area is 292 Å². The first kappa shape index (κ1) is 36.6. The molecule has 0 bridgehead atoms. The Hall–Kier alpha value is -4.25. The van der Waals surface area contributed by atoms with E-state index in [1.807, 2.05) is 51.1 Å². The summed E-state index contributed by atoms with van der Waals surface area (Å²) in [5, 5.41) is 3.70. The lowest BCUT2D eigenvalue weighted by atomic mass is 10.0. The van der Waals surface area contributed by atoms with E-state index in [0.717, 1.165) is 9.87 Å². The van der Waals surface area contributed by atoms with Crippen LogP contribution in [0.25, 0.3) is 0 Å². The predicted molar refractivity (Wildman–Crippen MR) is 189 cm³/mol. The van der Waals surface area contributed by atoms with Crippen LogP contribution in [0, 0.1) is 0 Å². The van der Waals surface area contributed by atoms with Crippen LogP contribution < -0.4 is 19.1 Å². The van der Waals surface area contributed by atoms with Crippen molar-refractivity contribution in [1.29, 1.82) is 0 Å². The van der Waals surface area contributed by atoms with E-state index in [1.54, 1.807) is 42.5 Å². The van der Waals surface area contributed by atoms with E-state index in [0.29, 0.717) is 21.4 Å². The first-order valence-electron chi connectivity index (χ1n) is 15.1. The second-order valence-electron chi connectivity index (χ2n) is 12.1. The zero-order valence-corrected chi connectivity index (χ0v) is 29.8. The number of methoxy groups -OCH3 is 2. The van der Waals surface area contributed by atoms with Crippen molar-refractivity contribution in [2.45, 2.75) is 50.2 Å². The molecule has 0 aliphatic rings. The van der Waals surface area contributed by atoms with E-state index >= 15 is 0 Å². The number of carbonyl (C=O) groups excluding carboxylic acids is 2. The van der Waals surface area contributed by atoms with Crippen LogP contribution in [-0.4, -0.2) is 57.5 Å². The van der Waals surface area contributed by atoms with Crippen LogP contribution in [0.1, 0.15) is 31.9 Å². The summed E-state index contributed by atoms with van der Waals surface area (Å²) in [6, 6.07) is 25.5. The topological polar surface area (TPSA) is 105 Å². The summed E-state index contributed by atoms with van der Waals surface area (Å²) in [5.41, 5.74) is 0.869. The summed E-state index contributed by atoms with van der Waals surface area (Å²) in [6.45, 7) is 4.79. The van der Waals surface area contributed by atoms with Gasteiger partial charge in [-0.1, -0.05) is 77.8 Å². The highest BCUT2D eigenvalue weighted by atomic mass is 35.5. The Morgan fingerprint density at radius 1 is 0.833 bits per heavy atom. The van der Waals surface area contributed by atoms with Gasteiger partial charge in [0.05, 0.1) is 24.8 Å². The highest BCUT2D eigenvalue weighted by Gasteiger charge is 2.36. The zero-order chi connectivity index (χ0) is 35.1. The SMILES string of the molecule is COc1ccc(N(CC(=O)N(Cc2ccc(Cl)cc2Cl)[C@H](Cc2ccccc2)C(=O)NC(C)(C)C)S(=O)(=O)c2ccccc2)cc1OC. The number of carbonyl (C=O) groups is 2. The maximum atomic E-state index is 14.7. The van der Waals surface area contributed by atoms with Crippen LogP contribution in [0.5, 0.6) is 11.5 Å². The number of nitrogens with one attached hydrogen (secondary N) is 1. The quantitative estimate of drug-likeness (QED) is 0.164. The Morgan fingerprint density at radius 2 is 1.46 bits per heavy atom. The number of rotatable bonds is 13. The molecular weight excluding hydrogens is 673 g/mol. The van der Waals surface area contributed by atoms with Crippen molar-refractivity contribution < 1.29 is 27.5 Å². The third-order valence-corrected chi connectivity index (χ3v) is 9.77. The van der Waals surface area contributed by atoms with E-state index in [4.69, 9.17) is 32.7 Å². The van der Waals surface area contributed by atoms with E-state index in [2.05, 4.69) is 5.32 Å². The summed E-state index contributed by atoms with van der Waals surface area (Å²) >= 11 is 12.8. The molecule has 0 aliphatic carbocycles. The summed E-state index contributed by atoms with van der Waals surface area (Å²) < 4.78 is 40.3. The fourth-order valence-electron chi connectivity index (χ4n) is 5.07. The number of hydrogen-bond acceptors (Lipinski definition) is 6. The lowest BCUT2D eigenvalue weighted by Gasteiger charge is -2.35. The third-order valence-electron chi connectivity index (χ3n) is 7.39. The molecule has 0 unspecified atom stereocenters. The molecule has 2 amide bonds. The first-order chi connectivity index (χ1) is 22.7. The maximum Gasteiger partial charge on any atom is 0.264 e. The van der Waals surface area contributed by atoms with Gasteiger partial charge in [-0.05, 0) is 68.3 Å². The van der Waals surface area contributed by atoms with Gasteiger partial charge in [0, 0.05) is 34.6 Å². The monoisotopic (exact) mass is 711 g/mol. The number of halogens is 2. The average molecular weight is 713 g/mol. The zero-order valence-electron chi connectivity index (χ0n) is 27.4. The lowest BCUT2D eigenvalue weighted by molar-refractivity contribution is -0.140. The number of nitrogens with zero attached hydrogens (tertiary/aromatic N) is 2. The molecule has 0 fully saturated rings. The van der Waals surface area contributed by atoms with Crippen molar-refractivity contribution in [3.05, 3.63) is 118 Å². The molecule has 0 heterocycles. The Kier molecular flexibility index (Phi) is 12.0. The first-order valence-corrected chi connectivity index (χ1v) is 17.3. The van der Waals surface area contributed by atoms with Gasteiger partial charge in [-0.15, -0.1) is 0 Å². The van der Waals surface area contributed by atoms with Gasteiger partial charge in [-0.25, -0.2) is 8.42 Å². The third kappa shape index (κ3) is 9.21. The predicted octanol–water partition coefficient (Wildman–Crippen LogP) is 6.76. The van der Waals surface area contributed by atoms with E-state index < -0.39 is 40.0 Å². The molecule has 0 saturated carbocycles. The van der Waals surface area contributed by atoms with Crippen LogP contribution in [0.3, 0.4) is 0 Å². The van der Waals surface area contributed by atoms with Crippen LogP contribution in [-0.2, 0) is 32.6 Å². The van der Waals surface area contributed by atoms with Crippen molar-refractivity contribution in [2.75, 3.05) is 25.1 Å². The standard InChI is InChI=1S/C36H39Cl2N3O6S/c1-36(2,3)39-35(43)31(20-25-12-8-6-9-13-25)40(23-26-16-17-27(37)21-30(26)38)34(42)24-41(48(44,45)29-14-10-7-11-15-29)28-18-19-32(46-4)33(22-28)47-5/h6-19,21-22,31H,20,23-24H2,1-5H3,(H,39,43)/t31-/m1/s1. The Morgan fingerprint density at radius 3 is 2.04 bits per heavy atom. The van der Waals surface area contributed by atoms with Gasteiger partial charge in [0.1, 0.15) is 12.6 Å². The largest absolute Gasteiger partial charge is 0.493 e. The molecule has 4 rings (SSSR count). The molecule has 0 aliphatic heterocycles. The second-order valence-corrected chi connectivity index (χ2v) is 14.8. The minimum absolute atomic E-state index is 0.0220. The smallest absolute Gasteiger partial charge is 0.264 e. The van der Waals surface area contributed by atoms with Crippen LogP contribution >= 0.6 is 23.2 Å². The maximum absolute atomic E-state index is 14.7. The second kappa shape index (κ2) is 15.8. The van der Waals surface area contributed by atoms with Gasteiger partial charge in [-0.2, -0.15) is 0 Å². The number of ether oxygens (including phenoxy) is 2. The van der Waals surface area contributed by atoms with Crippen molar-refractivity contribution in [1.82, 2.24) is 10.2 Å². The van der Waals surface area contributed by atoms with Gasteiger partial charge in [0.25, 0.3) is 10.0 Å². The fourth-order valence-corrected chi connectivity index (χ4v) is 6.96. The number of hydrogen-bond donors (Lipinski definition) is 1. The molecule has 12 heteroatoms. The fraction of sp³-hybridized carbons (Fsp3) is 0.278. The molecule has 0 aromatic heterocycles. The summed E-state index contributed by atoms with van der Waals surface area (Å²) in [5.74, 6) is -0.397. The van der Waals surface area contributed by atoms with E-state index in [-0.39, 0.29) is 29.3 Å². The van der Waals surface area contributed by atoms with Crippen molar-refractivity contribution in [3.63, 3.8) is 0 Å². The van der Waals surface area contributed by atoms with Gasteiger partial charge < -0.3 is 19.7 Å². The van der Waals surface area contributed by atoms with E-state index in [9.17, 15) is 18.0 Å². The van der Waals surface area contributed by atoms with Gasteiger partial charge in [-0.3, -0.25) is 13.9 Å². The number of sulfonamides is 1. The number of benzene rings is 4. The average Bonchev–Trinajstić information content (AvgIpc) is 3.05. The molecule has 9 nitrogen and oxygen atoms in total. The van der Waals surface area contributed by atoms with Crippen LogP contribution in [0.2, 0.25) is 10.0 Å². The number of amides is 2. The minimum atomic E-state index is -4.30. The molecule has 0 saturated heterocycles. The van der Waals surface area contributed by atoms with Gasteiger partial charge in [0.2, 0.25) is 11.8 Å². The van der Waals surface area contributed by atoms with E-state index in [1.165, 1.54) is 43.4 Å².